The molecule has 1 saturated carbocycles. The second kappa shape index (κ2) is 3.32. The quantitative estimate of drug-likeness (QED) is 0.467. The number of aliphatic hydroxyl groups excluding tert-OH is 3. The molecule has 3 nitrogen and oxygen atoms in total. The van der Waals surface area contributed by atoms with Crippen LogP contribution in [0, 0.1) is 5.92 Å². The number of hydrogen-bond acceptors (Lipinski definition) is 3. The molecule has 0 aromatic carbocycles. The summed E-state index contributed by atoms with van der Waals surface area (Å²) >= 11 is 0. The van der Waals surface area contributed by atoms with Crippen LogP contribution in [0.5, 0.6) is 0 Å². The molecule has 0 radical (unpaired) electrons. The predicted octanol–water partition coefficient (Wildman–Crippen LogP) is -0.499. The third-order valence-electron chi connectivity index (χ3n) is 2.20. The van der Waals surface area contributed by atoms with Crippen molar-refractivity contribution in [3.05, 3.63) is 0 Å². The fraction of sp³-hybridized carbons (Fsp3) is 1.00. The average molecular weight is 146 g/mol. The highest BCUT2D eigenvalue weighted by atomic mass is 16.3. The van der Waals surface area contributed by atoms with Crippen LogP contribution >= 0.6 is 0 Å². The molecule has 0 aliphatic heterocycles. The van der Waals surface area contributed by atoms with Gasteiger partial charge >= 0.3 is 0 Å². The van der Waals surface area contributed by atoms with E-state index in [9.17, 15) is 10.2 Å². The first-order valence-electron chi connectivity index (χ1n) is 3.72. The molecule has 1 fully saturated rings. The Bertz CT molecular complexity index is 95.0. The van der Waals surface area contributed by atoms with Gasteiger partial charge in [-0.25, -0.2) is 0 Å². The van der Waals surface area contributed by atoms with Crippen molar-refractivity contribution in [3.8, 4) is 0 Å². The molecule has 1 rings (SSSR count). The van der Waals surface area contributed by atoms with Gasteiger partial charge in [0, 0.05) is 5.92 Å². The molecular weight excluding hydrogens is 132 g/mol. The Balaban J connectivity index is 2.45. The van der Waals surface area contributed by atoms with E-state index in [4.69, 9.17) is 5.11 Å². The summed E-state index contributed by atoms with van der Waals surface area (Å²) in [7, 11) is 0. The Kier molecular flexibility index (Phi) is 2.65. The minimum Gasteiger partial charge on any atom is -0.396 e. The lowest BCUT2D eigenvalue weighted by molar-refractivity contribution is -0.0464. The monoisotopic (exact) mass is 146 g/mol. The van der Waals surface area contributed by atoms with Crippen molar-refractivity contribution in [2.24, 2.45) is 5.92 Å². The average Bonchev–Trinajstić information content (AvgIpc) is 1.88. The van der Waals surface area contributed by atoms with Gasteiger partial charge in [0.25, 0.3) is 0 Å². The summed E-state index contributed by atoms with van der Waals surface area (Å²) in [6.45, 7) is -0.109. The second-order valence-corrected chi connectivity index (χ2v) is 2.91. The summed E-state index contributed by atoms with van der Waals surface area (Å²) in [5, 5.41) is 27.2. The molecular formula is C7H14O3. The van der Waals surface area contributed by atoms with Crippen LogP contribution in [0.25, 0.3) is 0 Å². The van der Waals surface area contributed by atoms with Crippen molar-refractivity contribution >= 4 is 0 Å². The van der Waals surface area contributed by atoms with Crippen LogP contribution in [-0.2, 0) is 0 Å². The Morgan fingerprint density at radius 3 is 1.90 bits per heavy atom. The Labute approximate surface area is 60.3 Å². The summed E-state index contributed by atoms with van der Waals surface area (Å²) in [5.74, 6) is -0.311. The first kappa shape index (κ1) is 7.98. The van der Waals surface area contributed by atoms with E-state index in [2.05, 4.69) is 0 Å². The van der Waals surface area contributed by atoms with Crippen molar-refractivity contribution in [1.29, 1.82) is 0 Å². The highest BCUT2D eigenvalue weighted by Gasteiger charge is 2.29. The Morgan fingerprint density at radius 2 is 1.60 bits per heavy atom. The molecule has 0 aromatic rings. The standard InChI is InChI=1S/C7H14O3/c8-4-5-6(9)2-1-3-7(5)10/h5-10H,1-4H2. The molecule has 3 N–H and O–H groups in total. The zero-order valence-corrected chi connectivity index (χ0v) is 5.90. The van der Waals surface area contributed by atoms with Crippen LogP contribution in [0.15, 0.2) is 0 Å². The van der Waals surface area contributed by atoms with Crippen LogP contribution in [-0.4, -0.2) is 34.1 Å². The molecule has 0 bridgehead atoms. The van der Waals surface area contributed by atoms with E-state index in [1.165, 1.54) is 0 Å². The molecule has 0 spiro atoms. The van der Waals surface area contributed by atoms with Gasteiger partial charge in [0.1, 0.15) is 0 Å². The minimum atomic E-state index is -0.506. The molecule has 0 heterocycles. The van der Waals surface area contributed by atoms with Gasteiger partial charge in [-0.3, -0.25) is 0 Å². The molecule has 2 unspecified atom stereocenters. The highest BCUT2D eigenvalue weighted by Crippen LogP contribution is 2.24. The molecule has 10 heavy (non-hydrogen) atoms. The van der Waals surface area contributed by atoms with E-state index in [0.717, 1.165) is 6.42 Å². The molecule has 1 aliphatic carbocycles. The van der Waals surface area contributed by atoms with Crippen LogP contribution in [0.4, 0.5) is 0 Å². The molecule has 3 heteroatoms. The first-order chi connectivity index (χ1) is 4.75. The largest absolute Gasteiger partial charge is 0.396 e. The zero-order chi connectivity index (χ0) is 7.56. The Hall–Kier alpha value is -0.120. The second-order valence-electron chi connectivity index (χ2n) is 2.91. The normalized spacial score (nSPS) is 41.7. The van der Waals surface area contributed by atoms with E-state index in [0.29, 0.717) is 12.8 Å². The maximum absolute atomic E-state index is 9.22. The lowest BCUT2D eigenvalue weighted by Crippen LogP contribution is -2.38. The molecule has 0 amide bonds. The smallest absolute Gasteiger partial charge is 0.0615 e. The first-order valence-corrected chi connectivity index (χ1v) is 3.72. The number of rotatable bonds is 1. The van der Waals surface area contributed by atoms with E-state index in [1.54, 1.807) is 0 Å². The van der Waals surface area contributed by atoms with Gasteiger partial charge in [0.05, 0.1) is 18.8 Å². The topological polar surface area (TPSA) is 60.7 Å². The molecule has 0 saturated heterocycles. The predicted molar refractivity (Wildman–Crippen MR) is 36.4 cm³/mol. The van der Waals surface area contributed by atoms with Crippen molar-refractivity contribution in [3.63, 3.8) is 0 Å². The summed E-state index contributed by atoms with van der Waals surface area (Å²) < 4.78 is 0. The van der Waals surface area contributed by atoms with Gasteiger partial charge in [-0.05, 0) is 19.3 Å². The van der Waals surface area contributed by atoms with Crippen molar-refractivity contribution < 1.29 is 15.3 Å². The van der Waals surface area contributed by atoms with E-state index < -0.39 is 12.2 Å². The van der Waals surface area contributed by atoms with E-state index >= 15 is 0 Å². The fourth-order valence-corrected chi connectivity index (χ4v) is 1.46. The summed E-state index contributed by atoms with van der Waals surface area (Å²) in [5.41, 5.74) is 0. The van der Waals surface area contributed by atoms with E-state index in [-0.39, 0.29) is 12.5 Å². The molecule has 60 valence electrons. The fourth-order valence-electron chi connectivity index (χ4n) is 1.46. The van der Waals surface area contributed by atoms with Gasteiger partial charge in [-0.2, -0.15) is 0 Å². The van der Waals surface area contributed by atoms with Gasteiger partial charge < -0.3 is 15.3 Å². The van der Waals surface area contributed by atoms with Crippen molar-refractivity contribution in [1.82, 2.24) is 0 Å². The van der Waals surface area contributed by atoms with Crippen LogP contribution in [0.1, 0.15) is 19.3 Å². The minimum absolute atomic E-state index is 0.109. The summed E-state index contributed by atoms with van der Waals surface area (Å²) in [6.07, 6.45) is 1.27. The maximum Gasteiger partial charge on any atom is 0.0615 e. The Morgan fingerprint density at radius 1 is 1.10 bits per heavy atom. The maximum atomic E-state index is 9.22. The van der Waals surface area contributed by atoms with Gasteiger partial charge in [0.15, 0.2) is 0 Å². The van der Waals surface area contributed by atoms with Gasteiger partial charge in [-0.15, -0.1) is 0 Å². The number of aliphatic hydroxyl groups is 3. The third-order valence-corrected chi connectivity index (χ3v) is 2.20. The van der Waals surface area contributed by atoms with Crippen LogP contribution < -0.4 is 0 Å². The van der Waals surface area contributed by atoms with E-state index in [1.807, 2.05) is 0 Å². The molecule has 0 aromatic heterocycles. The van der Waals surface area contributed by atoms with Crippen LogP contribution in [0.3, 0.4) is 0 Å². The van der Waals surface area contributed by atoms with Gasteiger partial charge in [0.2, 0.25) is 0 Å². The van der Waals surface area contributed by atoms with Crippen molar-refractivity contribution in [2.45, 2.75) is 31.5 Å². The third kappa shape index (κ3) is 1.48. The van der Waals surface area contributed by atoms with Gasteiger partial charge in [-0.1, -0.05) is 0 Å². The molecule has 2 atom stereocenters. The SMILES string of the molecule is OCC1C(O)CCCC1O. The van der Waals surface area contributed by atoms with Crippen LogP contribution in [0.2, 0.25) is 0 Å². The summed E-state index contributed by atoms with van der Waals surface area (Å²) in [4.78, 5) is 0. The number of hydrogen-bond donors (Lipinski definition) is 3. The zero-order valence-electron chi connectivity index (χ0n) is 5.90. The highest BCUT2D eigenvalue weighted by molar-refractivity contribution is 4.80. The lowest BCUT2D eigenvalue weighted by atomic mass is 9.85. The lowest BCUT2D eigenvalue weighted by Gasteiger charge is -2.30. The van der Waals surface area contributed by atoms with Crippen molar-refractivity contribution in [2.75, 3.05) is 6.61 Å². The molecule has 1 aliphatic rings. The summed E-state index contributed by atoms with van der Waals surface area (Å²) in [6, 6.07) is 0.